The molecule has 0 aliphatic heterocycles. The largest absolute Gasteiger partial charge is 0.492 e. The average molecular weight is 550 g/mol. The molecule has 9 heteroatoms. The number of anilines is 1. The Morgan fingerprint density at radius 2 is 2.00 bits per heavy atom. The Morgan fingerprint density at radius 1 is 1.24 bits per heavy atom. The molecule has 1 amide bonds. The number of thioether (sulfide) groups is 1. The van der Waals surface area contributed by atoms with Gasteiger partial charge in [-0.3, -0.25) is 4.79 Å². The third-order valence-corrected chi connectivity index (χ3v) is 6.46. The number of carbonyl (C=O) groups excluding carboxylic acids is 1. The number of amides is 1. The van der Waals surface area contributed by atoms with Gasteiger partial charge >= 0.3 is 0 Å². The Balaban J connectivity index is 1.53. The van der Waals surface area contributed by atoms with E-state index in [-0.39, 0.29) is 11.7 Å². The van der Waals surface area contributed by atoms with Crippen molar-refractivity contribution in [1.29, 1.82) is 0 Å². The molecule has 0 aliphatic carbocycles. The van der Waals surface area contributed by atoms with Crippen molar-refractivity contribution in [1.82, 2.24) is 14.8 Å². The molecule has 0 atom stereocenters. The standard InChI is InChI=1S/C24H26BrClN4O2S/c1-4-9-30-22(6-5-10-32-21-8-7-18(26)14-20(21)25)28-29-24(30)33-15-23(31)27-19-12-16(2)11-17(3)13-19/h4,7-8,11-14H,1,5-6,9-10,15H2,2-3H3,(H,27,31). The Hall–Kier alpha value is -2.29. The molecule has 0 radical (unpaired) electrons. The second kappa shape index (κ2) is 12.3. The van der Waals surface area contributed by atoms with Crippen LogP contribution in [0, 0.1) is 13.8 Å². The summed E-state index contributed by atoms with van der Waals surface area (Å²) in [4.78, 5) is 12.4. The number of hydrogen-bond donors (Lipinski definition) is 1. The summed E-state index contributed by atoms with van der Waals surface area (Å²) >= 11 is 10.8. The maximum absolute atomic E-state index is 12.4. The third-order valence-electron chi connectivity index (χ3n) is 4.64. The molecular weight excluding hydrogens is 524 g/mol. The van der Waals surface area contributed by atoms with Crippen LogP contribution in [0.1, 0.15) is 23.4 Å². The molecule has 0 aliphatic rings. The smallest absolute Gasteiger partial charge is 0.234 e. The monoisotopic (exact) mass is 548 g/mol. The summed E-state index contributed by atoms with van der Waals surface area (Å²) in [5.41, 5.74) is 3.03. The van der Waals surface area contributed by atoms with Gasteiger partial charge in [-0.2, -0.15) is 0 Å². The molecule has 0 saturated heterocycles. The lowest BCUT2D eigenvalue weighted by atomic mass is 10.1. The maximum Gasteiger partial charge on any atom is 0.234 e. The van der Waals surface area contributed by atoms with Crippen LogP contribution < -0.4 is 10.1 Å². The van der Waals surface area contributed by atoms with Crippen LogP contribution >= 0.6 is 39.3 Å². The maximum atomic E-state index is 12.4. The number of halogens is 2. The molecule has 174 valence electrons. The summed E-state index contributed by atoms with van der Waals surface area (Å²) in [5.74, 6) is 1.75. The molecule has 2 aromatic carbocycles. The van der Waals surface area contributed by atoms with E-state index in [0.29, 0.717) is 29.8 Å². The van der Waals surface area contributed by atoms with Gasteiger partial charge in [-0.15, -0.1) is 16.8 Å². The van der Waals surface area contributed by atoms with Gasteiger partial charge in [-0.1, -0.05) is 35.5 Å². The lowest BCUT2D eigenvalue weighted by molar-refractivity contribution is -0.113. The summed E-state index contributed by atoms with van der Waals surface area (Å²) in [6.07, 6.45) is 3.26. The molecule has 0 saturated carbocycles. The zero-order chi connectivity index (χ0) is 23.8. The quantitative estimate of drug-likeness (QED) is 0.174. The minimum absolute atomic E-state index is 0.0818. The van der Waals surface area contributed by atoms with Crippen molar-refractivity contribution in [2.24, 2.45) is 0 Å². The van der Waals surface area contributed by atoms with E-state index in [1.165, 1.54) is 11.8 Å². The predicted octanol–water partition coefficient (Wildman–Crippen LogP) is 6.24. The minimum atomic E-state index is -0.0818. The summed E-state index contributed by atoms with van der Waals surface area (Å²) < 4.78 is 8.64. The van der Waals surface area contributed by atoms with Gasteiger partial charge < -0.3 is 14.6 Å². The number of allylic oxidation sites excluding steroid dienone is 1. The molecule has 6 nitrogen and oxygen atoms in total. The highest BCUT2D eigenvalue weighted by atomic mass is 79.9. The molecule has 1 aromatic heterocycles. The van der Waals surface area contributed by atoms with Crippen LogP contribution in [-0.2, 0) is 17.8 Å². The molecule has 3 aromatic rings. The van der Waals surface area contributed by atoms with Crippen LogP contribution in [-0.4, -0.2) is 33.0 Å². The zero-order valence-electron chi connectivity index (χ0n) is 18.6. The first-order chi connectivity index (χ1) is 15.9. The first kappa shape index (κ1) is 25.3. The fourth-order valence-electron chi connectivity index (χ4n) is 3.30. The topological polar surface area (TPSA) is 69.0 Å². The Labute approximate surface area is 211 Å². The molecule has 3 rings (SSSR count). The van der Waals surface area contributed by atoms with Crippen molar-refractivity contribution in [3.05, 3.63) is 75.5 Å². The first-order valence-corrected chi connectivity index (χ1v) is 12.6. The fourth-order valence-corrected chi connectivity index (χ4v) is 4.87. The van der Waals surface area contributed by atoms with Crippen molar-refractivity contribution < 1.29 is 9.53 Å². The molecule has 1 N–H and O–H groups in total. The van der Waals surface area contributed by atoms with Gasteiger partial charge in [0.15, 0.2) is 5.16 Å². The van der Waals surface area contributed by atoms with E-state index in [0.717, 1.165) is 39.3 Å². The van der Waals surface area contributed by atoms with Gasteiger partial charge in [0.25, 0.3) is 0 Å². The van der Waals surface area contributed by atoms with Crippen molar-refractivity contribution in [3.8, 4) is 5.75 Å². The van der Waals surface area contributed by atoms with Gasteiger partial charge in [0.05, 0.1) is 16.8 Å². The number of benzene rings is 2. The molecule has 0 bridgehead atoms. The number of rotatable bonds is 11. The Morgan fingerprint density at radius 3 is 2.70 bits per heavy atom. The second-order valence-electron chi connectivity index (χ2n) is 7.54. The minimum Gasteiger partial charge on any atom is -0.492 e. The van der Waals surface area contributed by atoms with E-state index < -0.39 is 0 Å². The molecule has 0 spiro atoms. The van der Waals surface area contributed by atoms with Crippen molar-refractivity contribution in [2.75, 3.05) is 17.7 Å². The van der Waals surface area contributed by atoms with Crippen LogP contribution in [0.5, 0.6) is 5.75 Å². The number of aryl methyl sites for hydroxylation is 3. The number of aromatic nitrogens is 3. The summed E-state index contributed by atoms with van der Waals surface area (Å²) in [5, 5.41) is 12.9. The van der Waals surface area contributed by atoms with Crippen molar-refractivity contribution in [3.63, 3.8) is 0 Å². The molecule has 33 heavy (non-hydrogen) atoms. The highest BCUT2D eigenvalue weighted by Gasteiger charge is 2.14. The number of nitrogens with zero attached hydrogens (tertiary/aromatic N) is 3. The van der Waals surface area contributed by atoms with Crippen LogP contribution in [0.2, 0.25) is 5.02 Å². The van der Waals surface area contributed by atoms with E-state index >= 15 is 0 Å². The summed E-state index contributed by atoms with van der Waals surface area (Å²) in [6.45, 7) is 8.96. The number of hydrogen-bond acceptors (Lipinski definition) is 5. The van der Waals surface area contributed by atoms with E-state index in [9.17, 15) is 4.79 Å². The van der Waals surface area contributed by atoms with Gasteiger partial charge in [0, 0.05) is 23.7 Å². The van der Waals surface area contributed by atoms with Gasteiger partial charge in [-0.05, 0) is 77.7 Å². The van der Waals surface area contributed by atoms with Crippen LogP contribution in [0.15, 0.2) is 58.7 Å². The van der Waals surface area contributed by atoms with E-state index in [4.69, 9.17) is 16.3 Å². The molecular formula is C24H26BrClN4O2S. The van der Waals surface area contributed by atoms with Gasteiger partial charge in [0.1, 0.15) is 11.6 Å². The average Bonchev–Trinajstić information content (AvgIpc) is 3.12. The highest BCUT2D eigenvalue weighted by Crippen LogP contribution is 2.28. The molecule has 1 heterocycles. The predicted molar refractivity (Wildman–Crippen MR) is 138 cm³/mol. The lowest BCUT2D eigenvalue weighted by Gasteiger charge is -2.10. The van der Waals surface area contributed by atoms with Gasteiger partial charge in [0.2, 0.25) is 5.91 Å². The second-order valence-corrected chi connectivity index (χ2v) is 9.77. The Bertz CT molecular complexity index is 1120. The van der Waals surface area contributed by atoms with Crippen molar-refractivity contribution in [2.45, 2.75) is 38.4 Å². The van der Waals surface area contributed by atoms with Crippen LogP contribution in [0.3, 0.4) is 0 Å². The fraction of sp³-hybridized carbons (Fsp3) is 0.292. The third kappa shape index (κ3) is 7.62. The molecule has 0 fully saturated rings. The summed E-state index contributed by atoms with van der Waals surface area (Å²) in [7, 11) is 0. The lowest BCUT2D eigenvalue weighted by Crippen LogP contribution is -2.15. The van der Waals surface area contributed by atoms with Gasteiger partial charge in [-0.25, -0.2) is 0 Å². The Kier molecular flexibility index (Phi) is 9.41. The normalized spacial score (nSPS) is 10.8. The molecule has 0 unspecified atom stereocenters. The first-order valence-electron chi connectivity index (χ1n) is 10.5. The highest BCUT2D eigenvalue weighted by molar-refractivity contribution is 9.10. The van der Waals surface area contributed by atoms with Crippen molar-refractivity contribution >= 4 is 50.9 Å². The zero-order valence-corrected chi connectivity index (χ0v) is 21.8. The van der Waals surface area contributed by atoms with E-state index in [1.807, 2.05) is 36.6 Å². The number of ether oxygens (including phenoxy) is 1. The van der Waals surface area contributed by atoms with Crippen LogP contribution in [0.25, 0.3) is 0 Å². The summed E-state index contributed by atoms with van der Waals surface area (Å²) in [6, 6.07) is 11.4. The number of nitrogens with one attached hydrogen (secondary N) is 1. The SMILES string of the molecule is C=CCn1c(CCCOc2ccc(Cl)cc2Br)nnc1SCC(=O)Nc1cc(C)cc(C)c1. The van der Waals surface area contributed by atoms with E-state index in [1.54, 1.807) is 18.2 Å². The van der Waals surface area contributed by atoms with E-state index in [2.05, 4.69) is 44.1 Å². The van der Waals surface area contributed by atoms with Crippen LogP contribution in [0.4, 0.5) is 5.69 Å². The number of carbonyl (C=O) groups is 1.